The first-order valence-corrected chi connectivity index (χ1v) is 8.87. The zero-order valence-corrected chi connectivity index (χ0v) is 15.8. The third kappa shape index (κ3) is 3.18. The van der Waals surface area contributed by atoms with Gasteiger partial charge in [0.1, 0.15) is 10.4 Å². The Balaban J connectivity index is 2.42. The summed E-state index contributed by atoms with van der Waals surface area (Å²) in [7, 11) is 0. The molecule has 0 saturated carbocycles. The van der Waals surface area contributed by atoms with Gasteiger partial charge in [-0.15, -0.1) is 0 Å². The van der Waals surface area contributed by atoms with Crippen molar-refractivity contribution >= 4 is 27.4 Å². The Labute approximate surface area is 153 Å². The molecule has 3 aromatic rings. The maximum atomic E-state index is 13.4. The molecule has 25 heavy (non-hydrogen) atoms. The SMILES string of the molecule is CCOC(=O)c1c(C(C)C)nn2c(Br)ccc2c1-c1ccc(F)cc1. The lowest BCUT2D eigenvalue weighted by molar-refractivity contribution is 0.0524. The first-order valence-electron chi connectivity index (χ1n) is 8.08. The van der Waals surface area contributed by atoms with Gasteiger partial charge in [-0.3, -0.25) is 0 Å². The van der Waals surface area contributed by atoms with Gasteiger partial charge in [0, 0.05) is 5.56 Å². The van der Waals surface area contributed by atoms with E-state index in [9.17, 15) is 9.18 Å². The normalized spacial score (nSPS) is 11.3. The Morgan fingerprint density at radius 3 is 2.52 bits per heavy atom. The number of hydrogen-bond acceptors (Lipinski definition) is 3. The fraction of sp³-hybridized carbons (Fsp3) is 0.263. The number of halogens is 2. The fourth-order valence-electron chi connectivity index (χ4n) is 2.83. The predicted molar refractivity (Wildman–Crippen MR) is 98.3 cm³/mol. The van der Waals surface area contributed by atoms with E-state index in [1.54, 1.807) is 23.6 Å². The minimum absolute atomic E-state index is 0.0114. The lowest BCUT2D eigenvalue weighted by Crippen LogP contribution is -2.15. The number of nitrogens with zero attached hydrogens (tertiary/aromatic N) is 2. The maximum Gasteiger partial charge on any atom is 0.340 e. The average molecular weight is 405 g/mol. The number of esters is 1. The van der Waals surface area contributed by atoms with E-state index in [2.05, 4.69) is 21.0 Å². The second kappa shape index (κ2) is 6.96. The molecular formula is C19H18BrFN2O2. The van der Waals surface area contributed by atoms with E-state index in [1.807, 2.05) is 26.0 Å². The van der Waals surface area contributed by atoms with Gasteiger partial charge in [0.25, 0.3) is 0 Å². The Bertz CT molecular complexity index is 933. The van der Waals surface area contributed by atoms with Crippen molar-refractivity contribution in [3.8, 4) is 11.1 Å². The molecule has 0 spiro atoms. The van der Waals surface area contributed by atoms with Crippen LogP contribution in [0.3, 0.4) is 0 Å². The molecule has 0 aliphatic carbocycles. The number of fused-ring (bicyclic) bond motifs is 1. The van der Waals surface area contributed by atoms with Crippen LogP contribution in [0.15, 0.2) is 41.0 Å². The Morgan fingerprint density at radius 2 is 1.92 bits per heavy atom. The van der Waals surface area contributed by atoms with Gasteiger partial charge in [-0.2, -0.15) is 5.10 Å². The third-order valence-electron chi connectivity index (χ3n) is 3.94. The van der Waals surface area contributed by atoms with Crippen LogP contribution in [0.25, 0.3) is 16.6 Å². The van der Waals surface area contributed by atoms with E-state index in [4.69, 9.17) is 4.74 Å². The number of rotatable bonds is 4. The number of hydrogen-bond donors (Lipinski definition) is 0. The molecule has 3 rings (SSSR count). The van der Waals surface area contributed by atoms with Crippen LogP contribution in [0.2, 0.25) is 0 Å². The van der Waals surface area contributed by atoms with E-state index in [0.717, 1.165) is 15.7 Å². The lowest BCUT2D eigenvalue weighted by Gasteiger charge is -2.17. The molecule has 0 saturated heterocycles. The standard InChI is InChI=1S/C19H18BrFN2O2/c1-4-25-19(24)17-16(12-5-7-13(21)8-6-12)14-9-10-15(20)23(14)22-18(17)11(2)3/h5-11H,4H2,1-3H3. The summed E-state index contributed by atoms with van der Waals surface area (Å²) in [5.74, 6) is -0.734. The number of carbonyl (C=O) groups is 1. The zero-order chi connectivity index (χ0) is 18.1. The molecule has 4 nitrogen and oxygen atoms in total. The monoisotopic (exact) mass is 404 g/mol. The van der Waals surface area contributed by atoms with Gasteiger partial charge in [0.15, 0.2) is 0 Å². The lowest BCUT2D eigenvalue weighted by atomic mass is 9.94. The van der Waals surface area contributed by atoms with Crippen molar-refractivity contribution < 1.29 is 13.9 Å². The second-order valence-corrected chi connectivity index (χ2v) is 6.78. The number of carbonyl (C=O) groups excluding carboxylic acids is 1. The van der Waals surface area contributed by atoms with Crippen LogP contribution in [-0.4, -0.2) is 22.2 Å². The van der Waals surface area contributed by atoms with Crippen LogP contribution in [0.5, 0.6) is 0 Å². The van der Waals surface area contributed by atoms with Gasteiger partial charge >= 0.3 is 5.97 Å². The summed E-state index contributed by atoms with van der Waals surface area (Å²) in [6, 6.07) is 9.84. The summed E-state index contributed by atoms with van der Waals surface area (Å²) in [4.78, 5) is 12.7. The summed E-state index contributed by atoms with van der Waals surface area (Å²) in [5, 5.41) is 4.64. The van der Waals surface area contributed by atoms with Crippen LogP contribution in [-0.2, 0) is 4.74 Å². The smallest absolute Gasteiger partial charge is 0.340 e. The summed E-state index contributed by atoms with van der Waals surface area (Å²) >= 11 is 3.49. The van der Waals surface area contributed by atoms with E-state index >= 15 is 0 Å². The highest BCUT2D eigenvalue weighted by molar-refractivity contribution is 9.10. The van der Waals surface area contributed by atoms with Crippen LogP contribution < -0.4 is 0 Å². The van der Waals surface area contributed by atoms with Crippen molar-refractivity contribution in [1.82, 2.24) is 9.61 Å². The fourth-order valence-corrected chi connectivity index (χ4v) is 3.23. The maximum absolute atomic E-state index is 13.4. The van der Waals surface area contributed by atoms with Crippen molar-refractivity contribution in [2.24, 2.45) is 0 Å². The van der Waals surface area contributed by atoms with Gasteiger partial charge in [-0.05, 0) is 58.6 Å². The molecule has 1 aromatic carbocycles. The number of benzene rings is 1. The molecule has 0 N–H and O–H groups in total. The molecule has 0 amide bonds. The van der Waals surface area contributed by atoms with Crippen molar-refractivity contribution in [2.45, 2.75) is 26.7 Å². The van der Waals surface area contributed by atoms with Crippen LogP contribution in [0.4, 0.5) is 4.39 Å². The minimum atomic E-state index is -0.419. The van der Waals surface area contributed by atoms with E-state index < -0.39 is 5.97 Å². The molecule has 2 heterocycles. The summed E-state index contributed by atoms with van der Waals surface area (Å²) < 4.78 is 21.2. The van der Waals surface area contributed by atoms with Gasteiger partial charge in [0.05, 0.1) is 23.4 Å². The highest BCUT2D eigenvalue weighted by Gasteiger charge is 2.26. The molecular weight excluding hydrogens is 387 g/mol. The Morgan fingerprint density at radius 1 is 1.24 bits per heavy atom. The Kier molecular flexibility index (Phi) is 4.90. The van der Waals surface area contributed by atoms with Gasteiger partial charge in [-0.25, -0.2) is 13.7 Å². The van der Waals surface area contributed by atoms with Crippen molar-refractivity contribution in [3.63, 3.8) is 0 Å². The topological polar surface area (TPSA) is 43.6 Å². The molecule has 0 unspecified atom stereocenters. The number of ether oxygens (including phenoxy) is 1. The molecule has 0 fully saturated rings. The second-order valence-electron chi connectivity index (χ2n) is 5.97. The van der Waals surface area contributed by atoms with Crippen molar-refractivity contribution in [1.29, 1.82) is 0 Å². The Hall–Kier alpha value is -2.21. The van der Waals surface area contributed by atoms with E-state index in [-0.39, 0.29) is 18.3 Å². The average Bonchev–Trinajstić information content (AvgIpc) is 2.95. The molecule has 2 aromatic heterocycles. The molecule has 130 valence electrons. The first kappa shape index (κ1) is 17.6. The van der Waals surface area contributed by atoms with E-state index in [0.29, 0.717) is 16.8 Å². The molecule has 0 atom stereocenters. The van der Waals surface area contributed by atoms with Crippen LogP contribution >= 0.6 is 15.9 Å². The van der Waals surface area contributed by atoms with Crippen LogP contribution in [0.1, 0.15) is 42.7 Å². The van der Waals surface area contributed by atoms with Crippen LogP contribution in [0, 0.1) is 5.82 Å². The van der Waals surface area contributed by atoms with Gasteiger partial charge in [0.2, 0.25) is 0 Å². The summed E-state index contributed by atoms with van der Waals surface area (Å²) in [5.41, 5.74) is 3.27. The molecule has 0 bridgehead atoms. The van der Waals surface area contributed by atoms with Crippen molar-refractivity contribution in [3.05, 3.63) is 58.1 Å². The highest BCUT2D eigenvalue weighted by Crippen LogP contribution is 2.35. The van der Waals surface area contributed by atoms with Crippen molar-refractivity contribution in [2.75, 3.05) is 6.61 Å². The summed E-state index contributed by atoms with van der Waals surface area (Å²) in [6.07, 6.45) is 0. The zero-order valence-electron chi connectivity index (χ0n) is 14.2. The molecule has 0 aliphatic heterocycles. The number of aromatic nitrogens is 2. The third-order valence-corrected chi connectivity index (χ3v) is 4.54. The molecule has 0 radical (unpaired) electrons. The van der Waals surface area contributed by atoms with Gasteiger partial charge < -0.3 is 4.74 Å². The minimum Gasteiger partial charge on any atom is -0.462 e. The molecule has 6 heteroatoms. The largest absolute Gasteiger partial charge is 0.462 e. The predicted octanol–water partition coefficient (Wildman–Crippen LogP) is 5.20. The quantitative estimate of drug-likeness (QED) is 0.561. The highest BCUT2D eigenvalue weighted by atomic mass is 79.9. The molecule has 0 aliphatic rings. The first-order chi connectivity index (χ1) is 11.9. The van der Waals surface area contributed by atoms with Gasteiger partial charge in [-0.1, -0.05) is 26.0 Å². The van der Waals surface area contributed by atoms with E-state index in [1.165, 1.54) is 12.1 Å². The summed E-state index contributed by atoms with van der Waals surface area (Å²) in [6.45, 7) is 5.99.